The molecule has 1 aromatic heterocycles. The van der Waals surface area contributed by atoms with Crippen LogP contribution in [0.15, 0.2) is 27.6 Å². The summed E-state index contributed by atoms with van der Waals surface area (Å²) in [6.07, 6.45) is 3.34. The van der Waals surface area contributed by atoms with E-state index < -0.39 is 15.8 Å². The van der Waals surface area contributed by atoms with E-state index >= 15 is 0 Å². The van der Waals surface area contributed by atoms with Gasteiger partial charge in [0.1, 0.15) is 4.90 Å². The fourth-order valence-corrected chi connectivity index (χ4v) is 4.41. The number of aromatic nitrogens is 2. The monoisotopic (exact) mass is 405 g/mol. The second kappa shape index (κ2) is 5.75. The summed E-state index contributed by atoms with van der Waals surface area (Å²) in [6, 6.07) is 4.38. The molecule has 3 rings (SSSR count). The van der Waals surface area contributed by atoms with Gasteiger partial charge in [-0.3, -0.25) is 9.82 Å². The van der Waals surface area contributed by atoms with Crippen LogP contribution in [0.3, 0.4) is 0 Å². The second-order valence-corrected chi connectivity index (χ2v) is 8.15. The van der Waals surface area contributed by atoms with Crippen molar-refractivity contribution in [2.75, 3.05) is 4.72 Å². The minimum atomic E-state index is -3.99. The molecule has 0 saturated heterocycles. The van der Waals surface area contributed by atoms with Crippen LogP contribution in [0.1, 0.15) is 30.9 Å². The average molecular weight is 407 g/mol. The number of hydrogen-bond acceptors (Lipinski definition) is 4. The molecule has 0 aliphatic heterocycles. The summed E-state index contributed by atoms with van der Waals surface area (Å²) in [5, 5.41) is 16.6. The van der Waals surface area contributed by atoms with Gasteiger partial charge >= 0.3 is 0 Å². The fourth-order valence-electron chi connectivity index (χ4n) is 2.26. The highest BCUT2D eigenvalue weighted by Gasteiger charge is 2.25. The molecule has 2 aromatic rings. The van der Waals surface area contributed by atoms with Crippen molar-refractivity contribution in [1.29, 1.82) is 0 Å². The molecule has 0 atom stereocenters. The lowest BCUT2D eigenvalue weighted by molar-refractivity contribution is 0.410. The molecule has 1 aliphatic rings. The van der Waals surface area contributed by atoms with Crippen molar-refractivity contribution in [2.45, 2.75) is 30.1 Å². The van der Waals surface area contributed by atoms with Crippen LogP contribution in [0.25, 0.3) is 0 Å². The molecule has 9 heteroatoms. The number of benzene rings is 1. The van der Waals surface area contributed by atoms with E-state index in [0.717, 1.165) is 18.5 Å². The van der Waals surface area contributed by atoms with E-state index in [9.17, 15) is 13.5 Å². The molecule has 6 nitrogen and oxygen atoms in total. The van der Waals surface area contributed by atoms with E-state index in [0.29, 0.717) is 10.4 Å². The molecule has 1 fully saturated rings. The summed E-state index contributed by atoms with van der Waals surface area (Å²) in [6.45, 7) is 0. The van der Waals surface area contributed by atoms with Gasteiger partial charge < -0.3 is 5.11 Å². The van der Waals surface area contributed by atoms with Gasteiger partial charge in [0.25, 0.3) is 10.0 Å². The first-order valence-corrected chi connectivity index (χ1v) is 9.28. The Balaban J connectivity index is 1.89. The van der Waals surface area contributed by atoms with E-state index in [2.05, 4.69) is 30.8 Å². The van der Waals surface area contributed by atoms with Gasteiger partial charge in [0.2, 0.25) is 0 Å². The predicted octanol–water partition coefficient (Wildman–Crippen LogP) is 3.60. The maximum atomic E-state index is 12.4. The maximum absolute atomic E-state index is 12.4. The number of rotatable bonds is 4. The summed E-state index contributed by atoms with van der Waals surface area (Å²) >= 11 is 8.96. The Labute approximate surface area is 141 Å². The lowest BCUT2D eigenvalue weighted by Crippen LogP contribution is -2.13. The minimum Gasteiger partial charge on any atom is -0.505 e. The Bertz CT molecular complexity index is 818. The van der Waals surface area contributed by atoms with Gasteiger partial charge in [-0.25, -0.2) is 8.42 Å². The van der Waals surface area contributed by atoms with Crippen molar-refractivity contribution in [1.82, 2.24) is 10.2 Å². The molecule has 0 spiro atoms. The quantitative estimate of drug-likeness (QED) is 0.723. The van der Waals surface area contributed by atoms with Gasteiger partial charge in [0, 0.05) is 22.2 Å². The molecule has 1 heterocycles. The number of nitrogens with zero attached hydrogens (tertiary/aromatic N) is 1. The molecule has 1 aliphatic carbocycles. The summed E-state index contributed by atoms with van der Waals surface area (Å²) in [5.74, 6) is 0.115. The highest BCUT2D eigenvalue weighted by molar-refractivity contribution is 9.10. The van der Waals surface area contributed by atoms with Crippen LogP contribution in [-0.2, 0) is 10.0 Å². The van der Waals surface area contributed by atoms with Crippen molar-refractivity contribution in [2.24, 2.45) is 0 Å². The number of sulfonamides is 1. The molecule has 3 N–H and O–H groups in total. The number of phenolic OH excluding ortho intramolecular Hbond substituents is 1. The van der Waals surface area contributed by atoms with Crippen molar-refractivity contribution in [3.05, 3.63) is 33.4 Å². The van der Waals surface area contributed by atoms with E-state index in [1.54, 1.807) is 6.07 Å². The Morgan fingerprint density at radius 1 is 1.36 bits per heavy atom. The lowest BCUT2D eigenvalue weighted by atomic mass is 9.83. The number of aromatic amines is 1. The summed E-state index contributed by atoms with van der Waals surface area (Å²) < 4.78 is 27.6. The SMILES string of the molecule is O=S(=O)(Nc1cc(C2CCC2)[nH]n1)c1cc(Br)cc(Cl)c1O. The van der Waals surface area contributed by atoms with Crippen LogP contribution >= 0.6 is 27.5 Å². The standard InChI is InChI=1S/C13H13BrClN3O3S/c14-8-4-9(15)13(19)11(5-8)22(20,21)18-12-6-10(16-17-12)7-2-1-3-7/h4-7,19H,1-3H2,(H2,16,17,18). The molecule has 0 bridgehead atoms. The van der Waals surface area contributed by atoms with Crippen molar-refractivity contribution >= 4 is 43.4 Å². The summed E-state index contributed by atoms with van der Waals surface area (Å²) in [7, 11) is -3.99. The molecule has 1 saturated carbocycles. The first kappa shape index (κ1) is 15.6. The van der Waals surface area contributed by atoms with Gasteiger partial charge in [0.15, 0.2) is 11.6 Å². The minimum absolute atomic E-state index is 0.0491. The van der Waals surface area contributed by atoms with Gasteiger partial charge in [-0.05, 0) is 25.0 Å². The normalized spacial score (nSPS) is 15.5. The van der Waals surface area contributed by atoms with E-state index in [-0.39, 0.29) is 15.7 Å². The average Bonchev–Trinajstić information content (AvgIpc) is 2.78. The molecule has 0 unspecified atom stereocenters. The van der Waals surface area contributed by atoms with Crippen molar-refractivity contribution in [3.8, 4) is 5.75 Å². The van der Waals surface area contributed by atoms with Crippen LogP contribution in [0.2, 0.25) is 5.02 Å². The van der Waals surface area contributed by atoms with Gasteiger partial charge in [-0.15, -0.1) is 0 Å². The largest absolute Gasteiger partial charge is 0.505 e. The summed E-state index contributed by atoms with van der Waals surface area (Å²) in [4.78, 5) is -0.305. The zero-order chi connectivity index (χ0) is 15.9. The highest BCUT2D eigenvalue weighted by atomic mass is 79.9. The Morgan fingerprint density at radius 2 is 2.09 bits per heavy atom. The van der Waals surface area contributed by atoms with Gasteiger partial charge in [-0.1, -0.05) is 34.0 Å². The van der Waals surface area contributed by atoms with Gasteiger partial charge in [0.05, 0.1) is 5.02 Å². The number of phenols is 1. The third kappa shape index (κ3) is 2.95. The smallest absolute Gasteiger partial charge is 0.266 e. The highest BCUT2D eigenvalue weighted by Crippen LogP contribution is 2.37. The number of nitrogens with one attached hydrogen (secondary N) is 2. The zero-order valence-electron chi connectivity index (χ0n) is 11.3. The van der Waals surface area contributed by atoms with Crippen LogP contribution in [0.5, 0.6) is 5.75 Å². The van der Waals surface area contributed by atoms with E-state index in [1.165, 1.54) is 18.6 Å². The van der Waals surface area contributed by atoms with Crippen LogP contribution in [0.4, 0.5) is 5.82 Å². The molecule has 0 amide bonds. The first-order valence-electron chi connectivity index (χ1n) is 6.63. The Hall–Kier alpha value is -1.25. The number of aromatic hydroxyl groups is 1. The Kier molecular flexibility index (Phi) is 4.09. The third-order valence-corrected chi connectivity index (χ3v) is 5.78. The number of H-pyrrole nitrogens is 1. The second-order valence-electron chi connectivity index (χ2n) is 5.18. The predicted molar refractivity (Wildman–Crippen MR) is 86.8 cm³/mol. The molecule has 1 aromatic carbocycles. The summed E-state index contributed by atoms with van der Waals surface area (Å²) in [5.41, 5.74) is 0.917. The molecular formula is C13H13BrClN3O3S. The fraction of sp³-hybridized carbons (Fsp3) is 0.308. The lowest BCUT2D eigenvalue weighted by Gasteiger charge is -2.23. The molecular weight excluding hydrogens is 394 g/mol. The topological polar surface area (TPSA) is 95.1 Å². The third-order valence-electron chi connectivity index (χ3n) is 3.66. The molecule has 0 radical (unpaired) electrons. The van der Waals surface area contributed by atoms with Gasteiger partial charge in [-0.2, -0.15) is 5.10 Å². The Morgan fingerprint density at radius 3 is 2.73 bits per heavy atom. The van der Waals surface area contributed by atoms with Crippen molar-refractivity contribution < 1.29 is 13.5 Å². The van der Waals surface area contributed by atoms with Crippen molar-refractivity contribution in [3.63, 3.8) is 0 Å². The van der Waals surface area contributed by atoms with E-state index in [1.807, 2.05) is 0 Å². The van der Waals surface area contributed by atoms with Crippen LogP contribution in [-0.4, -0.2) is 23.7 Å². The number of hydrogen-bond donors (Lipinski definition) is 3. The van der Waals surface area contributed by atoms with Crippen LogP contribution in [0, 0.1) is 0 Å². The number of anilines is 1. The molecule has 118 valence electrons. The number of halogens is 2. The zero-order valence-corrected chi connectivity index (χ0v) is 14.5. The maximum Gasteiger partial charge on any atom is 0.266 e. The first-order chi connectivity index (χ1) is 10.4. The van der Waals surface area contributed by atoms with Crippen LogP contribution < -0.4 is 4.72 Å². The van der Waals surface area contributed by atoms with E-state index in [4.69, 9.17) is 11.6 Å². The molecule has 22 heavy (non-hydrogen) atoms.